The second-order valence-corrected chi connectivity index (χ2v) is 5.43. The second kappa shape index (κ2) is 2.93. The fraction of sp³-hybridized carbons (Fsp3) is 0.125. The fourth-order valence-electron chi connectivity index (χ4n) is 1.26. The maximum atomic E-state index is 11.4. The Labute approximate surface area is 95.0 Å². The molecular weight excluding hydrogens is 270 g/mol. The minimum absolute atomic E-state index is 0.202. The van der Waals surface area contributed by atoms with E-state index in [2.05, 4.69) is 46.5 Å². The van der Waals surface area contributed by atoms with Crippen LogP contribution in [0.1, 0.15) is 5.56 Å². The van der Waals surface area contributed by atoms with E-state index in [1.54, 1.807) is 0 Å². The van der Waals surface area contributed by atoms with Gasteiger partial charge in [0.15, 0.2) is 4.08 Å². The van der Waals surface area contributed by atoms with Gasteiger partial charge in [0.2, 0.25) is 0 Å². The van der Waals surface area contributed by atoms with Crippen LogP contribution in [0.25, 0.3) is 0 Å². The van der Waals surface area contributed by atoms with Crippen LogP contribution in [0.4, 0.5) is 5.69 Å². The molecule has 0 saturated carbocycles. The zero-order chi connectivity index (χ0) is 9.64. The van der Waals surface area contributed by atoms with Crippen molar-refractivity contribution in [2.45, 2.75) is 4.08 Å². The fourth-order valence-corrected chi connectivity index (χ4v) is 2.12. The lowest BCUT2D eigenvalue weighted by molar-refractivity contribution is -0.116. The van der Waals surface area contributed by atoms with E-state index in [4.69, 9.17) is 0 Å². The van der Waals surface area contributed by atoms with Crippen LogP contribution in [0.3, 0.4) is 0 Å². The Morgan fingerprint density at radius 1 is 1.38 bits per heavy atom. The number of carbonyl (C=O) groups excluding carboxylic acids is 1. The van der Waals surface area contributed by atoms with E-state index in [1.165, 1.54) is 0 Å². The SMILES string of the molecule is O=C1Nc2cc(Br)ccc2C1(S)S. The van der Waals surface area contributed by atoms with E-state index < -0.39 is 4.08 Å². The first-order valence-electron chi connectivity index (χ1n) is 3.58. The number of anilines is 1. The molecular formula is C8H6BrNOS2. The largest absolute Gasteiger partial charge is 0.323 e. The molecule has 2 rings (SSSR count). The molecule has 0 fully saturated rings. The minimum atomic E-state index is -1.00. The summed E-state index contributed by atoms with van der Waals surface area (Å²) in [6.07, 6.45) is 0. The first-order valence-corrected chi connectivity index (χ1v) is 5.27. The predicted octanol–water partition coefficient (Wildman–Crippen LogP) is 2.41. The van der Waals surface area contributed by atoms with Crippen LogP contribution in [-0.2, 0) is 8.87 Å². The maximum absolute atomic E-state index is 11.4. The Kier molecular flexibility index (Phi) is 2.13. The van der Waals surface area contributed by atoms with Crippen molar-refractivity contribution in [2.75, 3.05) is 5.32 Å². The van der Waals surface area contributed by atoms with Crippen molar-refractivity contribution >= 4 is 52.8 Å². The Bertz CT molecular complexity index is 392. The van der Waals surface area contributed by atoms with Crippen molar-refractivity contribution in [2.24, 2.45) is 0 Å². The number of fused-ring (bicyclic) bond motifs is 1. The Morgan fingerprint density at radius 3 is 2.77 bits per heavy atom. The molecule has 68 valence electrons. The van der Waals surface area contributed by atoms with Crippen molar-refractivity contribution in [3.05, 3.63) is 28.2 Å². The molecule has 5 heteroatoms. The molecule has 2 nitrogen and oxygen atoms in total. The lowest BCUT2D eigenvalue weighted by Crippen LogP contribution is -2.21. The van der Waals surface area contributed by atoms with Crippen molar-refractivity contribution < 1.29 is 4.79 Å². The second-order valence-electron chi connectivity index (χ2n) is 2.82. The number of hydrogen-bond donors (Lipinski definition) is 3. The Hall–Kier alpha value is -0.130. The molecule has 0 radical (unpaired) electrons. The number of halogens is 1. The summed E-state index contributed by atoms with van der Waals surface area (Å²) in [5.41, 5.74) is 1.57. The van der Waals surface area contributed by atoms with Gasteiger partial charge in [-0.3, -0.25) is 4.79 Å². The van der Waals surface area contributed by atoms with E-state index in [0.717, 1.165) is 15.7 Å². The van der Waals surface area contributed by atoms with E-state index in [0.29, 0.717) is 0 Å². The van der Waals surface area contributed by atoms with Crippen LogP contribution in [-0.4, -0.2) is 5.91 Å². The van der Waals surface area contributed by atoms with Gasteiger partial charge in [-0.2, -0.15) is 0 Å². The van der Waals surface area contributed by atoms with E-state index >= 15 is 0 Å². The number of benzene rings is 1. The van der Waals surface area contributed by atoms with Gasteiger partial charge >= 0.3 is 0 Å². The van der Waals surface area contributed by atoms with E-state index in [-0.39, 0.29) is 5.91 Å². The topological polar surface area (TPSA) is 29.1 Å². The molecule has 1 aliphatic rings. The van der Waals surface area contributed by atoms with Crippen LogP contribution < -0.4 is 5.32 Å². The highest BCUT2D eigenvalue weighted by Crippen LogP contribution is 2.44. The van der Waals surface area contributed by atoms with E-state index in [9.17, 15) is 4.79 Å². The van der Waals surface area contributed by atoms with Crippen LogP contribution >= 0.6 is 41.2 Å². The van der Waals surface area contributed by atoms with Gasteiger partial charge in [-0.05, 0) is 12.1 Å². The number of rotatable bonds is 0. The average Bonchev–Trinajstić information content (AvgIpc) is 2.23. The van der Waals surface area contributed by atoms with Crippen LogP contribution in [0.15, 0.2) is 22.7 Å². The highest BCUT2D eigenvalue weighted by atomic mass is 79.9. The zero-order valence-electron chi connectivity index (χ0n) is 6.41. The Balaban J connectivity index is 2.62. The summed E-state index contributed by atoms with van der Waals surface area (Å²) >= 11 is 11.7. The van der Waals surface area contributed by atoms with Crippen molar-refractivity contribution in [3.8, 4) is 0 Å². The molecule has 1 N–H and O–H groups in total. The highest BCUT2D eigenvalue weighted by molar-refractivity contribution is 9.10. The Morgan fingerprint density at radius 2 is 2.08 bits per heavy atom. The molecule has 1 aromatic rings. The third kappa shape index (κ3) is 1.39. The van der Waals surface area contributed by atoms with Gasteiger partial charge < -0.3 is 5.32 Å². The van der Waals surface area contributed by atoms with Crippen molar-refractivity contribution in [3.63, 3.8) is 0 Å². The predicted molar refractivity (Wildman–Crippen MR) is 62.4 cm³/mol. The molecule has 0 spiro atoms. The third-order valence-corrected chi connectivity index (χ3v) is 3.30. The molecule has 0 bridgehead atoms. The monoisotopic (exact) mass is 275 g/mol. The number of nitrogens with one attached hydrogen (secondary N) is 1. The van der Waals surface area contributed by atoms with Gasteiger partial charge in [-0.15, -0.1) is 25.3 Å². The van der Waals surface area contributed by atoms with Crippen LogP contribution in [0, 0.1) is 0 Å². The number of amides is 1. The van der Waals surface area contributed by atoms with Gasteiger partial charge in [0.25, 0.3) is 5.91 Å². The first-order chi connectivity index (χ1) is 6.01. The summed E-state index contributed by atoms with van der Waals surface area (Å²) in [7, 11) is 0. The standard InChI is InChI=1S/C8H6BrNOS2/c9-4-1-2-5-6(3-4)10-7(11)8(5,12)13/h1-3,12-13H,(H,10,11). The molecule has 1 aliphatic heterocycles. The van der Waals surface area contributed by atoms with Gasteiger partial charge in [0.1, 0.15) is 0 Å². The molecule has 1 amide bonds. The minimum Gasteiger partial charge on any atom is -0.323 e. The summed E-state index contributed by atoms with van der Waals surface area (Å²) < 4.78 is -0.0818. The number of hydrogen-bond acceptors (Lipinski definition) is 3. The summed E-state index contributed by atoms with van der Waals surface area (Å²) in [6.45, 7) is 0. The molecule has 1 heterocycles. The average molecular weight is 276 g/mol. The molecule has 13 heavy (non-hydrogen) atoms. The van der Waals surface area contributed by atoms with E-state index in [1.807, 2.05) is 18.2 Å². The molecule has 0 aromatic heterocycles. The lowest BCUT2D eigenvalue weighted by atomic mass is 10.1. The van der Waals surface area contributed by atoms with Gasteiger partial charge in [0, 0.05) is 15.7 Å². The van der Waals surface area contributed by atoms with Gasteiger partial charge in [0.05, 0.1) is 0 Å². The smallest absolute Gasteiger partial charge is 0.255 e. The van der Waals surface area contributed by atoms with Crippen molar-refractivity contribution in [1.29, 1.82) is 0 Å². The lowest BCUT2D eigenvalue weighted by Gasteiger charge is -2.12. The zero-order valence-corrected chi connectivity index (χ0v) is 9.79. The maximum Gasteiger partial charge on any atom is 0.255 e. The third-order valence-electron chi connectivity index (χ3n) is 1.92. The molecule has 0 atom stereocenters. The molecule has 1 aromatic carbocycles. The highest BCUT2D eigenvalue weighted by Gasteiger charge is 2.40. The summed E-state index contributed by atoms with van der Waals surface area (Å²) in [6, 6.07) is 5.53. The van der Waals surface area contributed by atoms with Gasteiger partial charge in [-0.1, -0.05) is 22.0 Å². The number of carbonyl (C=O) groups is 1. The number of thiol groups is 2. The molecule has 0 aliphatic carbocycles. The quantitative estimate of drug-likeness (QED) is 0.493. The van der Waals surface area contributed by atoms with Crippen LogP contribution in [0.5, 0.6) is 0 Å². The summed E-state index contributed by atoms with van der Waals surface area (Å²) in [5, 5.41) is 2.71. The molecule has 0 unspecified atom stereocenters. The summed E-state index contributed by atoms with van der Waals surface area (Å²) in [4.78, 5) is 11.4. The molecule has 0 saturated heterocycles. The normalized spacial score (nSPS) is 18.2. The van der Waals surface area contributed by atoms with Crippen molar-refractivity contribution in [1.82, 2.24) is 0 Å². The first kappa shape index (κ1) is 9.43. The van der Waals surface area contributed by atoms with Gasteiger partial charge in [-0.25, -0.2) is 0 Å². The van der Waals surface area contributed by atoms with Crippen LogP contribution in [0.2, 0.25) is 0 Å². The summed E-state index contributed by atoms with van der Waals surface area (Å²) in [5.74, 6) is -0.202.